The third kappa shape index (κ3) is 4.25. The van der Waals surface area contributed by atoms with Crippen LogP contribution in [-0.4, -0.2) is 36.9 Å². The zero-order valence-electron chi connectivity index (χ0n) is 14.0. The fourth-order valence-electron chi connectivity index (χ4n) is 2.44. The number of nitrogens with one attached hydrogen (secondary N) is 2. The molecular weight excluding hydrogens is 294 g/mol. The van der Waals surface area contributed by atoms with E-state index in [1.54, 1.807) is 14.2 Å². The minimum absolute atomic E-state index is 0.00178. The third-order valence-electron chi connectivity index (χ3n) is 3.80. The Hall–Kier alpha value is -2.50. The number of methoxy groups -OCH3 is 2. The number of hydrogen-bond donors (Lipinski definition) is 2. The molecule has 1 aromatic heterocycles. The summed E-state index contributed by atoms with van der Waals surface area (Å²) in [5.74, 6) is 1.39. The van der Waals surface area contributed by atoms with Crippen molar-refractivity contribution in [3.05, 3.63) is 40.7 Å². The first kappa shape index (κ1) is 16.9. The Morgan fingerprint density at radius 1 is 1.22 bits per heavy atom. The number of aryl methyl sites for hydroxylation is 2. The number of aromatic nitrogens is 2. The number of nitrogens with zero attached hydrogens (tertiary/aromatic N) is 1. The number of carbonyl (C=O) groups excluding carboxylic acids is 1. The third-order valence-corrected chi connectivity index (χ3v) is 3.80. The summed E-state index contributed by atoms with van der Waals surface area (Å²) in [5.41, 5.74) is 3.86. The first-order valence-corrected chi connectivity index (χ1v) is 7.53. The minimum atomic E-state index is -0.00178. The summed E-state index contributed by atoms with van der Waals surface area (Å²) in [6, 6.07) is 5.77. The molecule has 23 heavy (non-hydrogen) atoms. The van der Waals surface area contributed by atoms with Crippen molar-refractivity contribution >= 4 is 5.91 Å². The van der Waals surface area contributed by atoms with Gasteiger partial charge in [-0.15, -0.1) is 0 Å². The standard InChI is InChI=1S/C17H23N3O3/c1-11-14(12(2)20-19-11)10-17(21)18-8-7-13-5-6-15(22-3)16(9-13)23-4/h5-6,9H,7-8,10H2,1-4H3,(H,18,21)(H,19,20). The highest BCUT2D eigenvalue weighted by atomic mass is 16.5. The van der Waals surface area contributed by atoms with Gasteiger partial charge in [-0.05, 0) is 38.0 Å². The molecule has 2 rings (SSSR count). The number of aromatic amines is 1. The molecule has 1 heterocycles. The molecule has 0 saturated heterocycles. The molecule has 0 saturated carbocycles. The number of H-pyrrole nitrogens is 1. The predicted octanol–water partition coefficient (Wildman–Crippen LogP) is 1.95. The number of benzene rings is 1. The van der Waals surface area contributed by atoms with Crippen molar-refractivity contribution in [2.45, 2.75) is 26.7 Å². The lowest BCUT2D eigenvalue weighted by Crippen LogP contribution is -2.27. The zero-order chi connectivity index (χ0) is 16.8. The van der Waals surface area contributed by atoms with E-state index >= 15 is 0 Å². The van der Waals surface area contributed by atoms with Crippen LogP contribution in [0, 0.1) is 13.8 Å². The highest BCUT2D eigenvalue weighted by Crippen LogP contribution is 2.27. The maximum Gasteiger partial charge on any atom is 0.224 e. The molecule has 0 aliphatic heterocycles. The van der Waals surface area contributed by atoms with E-state index in [2.05, 4.69) is 15.5 Å². The van der Waals surface area contributed by atoms with Gasteiger partial charge in [-0.3, -0.25) is 9.89 Å². The van der Waals surface area contributed by atoms with E-state index in [1.165, 1.54) is 0 Å². The monoisotopic (exact) mass is 317 g/mol. The molecule has 1 amide bonds. The van der Waals surface area contributed by atoms with Gasteiger partial charge >= 0.3 is 0 Å². The van der Waals surface area contributed by atoms with Crippen LogP contribution in [0.15, 0.2) is 18.2 Å². The Kier molecular flexibility index (Phi) is 5.62. The van der Waals surface area contributed by atoms with Crippen molar-refractivity contribution in [3.8, 4) is 11.5 Å². The lowest BCUT2D eigenvalue weighted by Gasteiger charge is -2.10. The van der Waals surface area contributed by atoms with E-state index < -0.39 is 0 Å². The van der Waals surface area contributed by atoms with Crippen LogP contribution in [-0.2, 0) is 17.6 Å². The highest BCUT2D eigenvalue weighted by molar-refractivity contribution is 5.79. The van der Waals surface area contributed by atoms with Crippen LogP contribution in [0.5, 0.6) is 11.5 Å². The van der Waals surface area contributed by atoms with Gasteiger partial charge in [-0.25, -0.2) is 0 Å². The van der Waals surface area contributed by atoms with Gasteiger partial charge < -0.3 is 14.8 Å². The summed E-state index contributed by atoms with van der Waals surface area (Å²) < 4.78 is 10.5. The molecule has 0 radical (unpaired) electrons. The van der Waals surface area contributed by atoms with E-state index in [4.69, 9.17) is 9.47 Å². The molecule has 2 N–H and O–H groups in total. The number of hydrogen-bond acceptors (Lipinski definition) is 4. The number of amides is 1. The first-order chi connectivity index (χ1) is 11.0. The normalized spacial score (nSPS) is 10.4. The summed E-state index contributed by atoms with van der Waals surface area (Å²) in [5, 5.41) is 9.93. The van der Waals surface area contributed by atoms with E-state index in [0.29, 0.717) is 24.5 Å². The SMILES string of the molecule is COc1ccc(CCNC(=O)Cc2c(C)n[nH]c2C)cc1OC. The van der Waals surface area contributed by atoms with E-state index in [0.717, 1.165) is 28.9 Å². The smallest absolute Gasteiger partial charge is 0.224 e. The number of rotatable bonds is 7. The molecule has 0 bridgehead atoms. The lowest BCUT2D eigenvalue weighted by molar-refractivity contribution is -0.120. The van der Waals surface area contributed by atoms with Crippen LogP contribution in [0.25, 0.3) is 0 Å². The quantitative estimate of drug-likeness (QED) is 0.818. The van der Waals surface area contributed by atoms with E-state index in [-0.39, 0.29) is 5.91 Å². The van der Waals surface area contributed by atoms with Gasteiger partial charge in [-0.2, -0.15) is 5.10 Å². The van der Waals surface area contributed by atoms with Crippen LogP contribution in [0.1, 0.15) is 22.5 Å². The van der Waals surface area contributed by atoms with Gasteiger partial charge in [0.15, 0.2) is 11.5 Å². The molecule has 0 aliphatic rings. The first-order valence-electron chi connectivity index (χ1n) is 7.53. The molecule has 0 atom stereocenters. The largest absolute Gasteiger partial charge is 0.493 e. The summed E-state index contributed by atoms with van der Waals surface area (Å²) in [4.78, 5) is 12.0. The van der Waals surface area contributed by atoms with Crippen molar-refractivity contribution in [1.82, 2.24) is 15.5 Å². The Morgan fingerprint density at radius 3 is 2.57 bits per heavy atom. The van der Waals surface area contributed by atoms with Crippen molar-refractivity contribution in [3.63, 3.8) is 0 Å². The molecule has 0 aliphatic carbocycles. The maximum absolute atomic E-state index is 12.0. The molecule has 2 aromatic rings. The zero-order valence-corrected chi connectivity index (χ0v) is 14.0. The van der Waals surface area contributed by atoms with E-state index in [1.807, 2.05) is 32.0 Å². The molecule has 0 spiro atoms. The van der Waals surface area contributed by atoms with Crippen molar-refractivity contribution in [1.29, 1.82) is 0 Å². The summed E-state index contributed by atoms with van der Waals surface area (Å²) in [6.45, 7) is 4.40. The fourth-order valence-corrected chi connectivity index (χ4v) is 2.44. The van der Waals surface area contributed by atoms with Crippen LogP contribution < -0.4 is 14.8 Å². The second-order valence-corrected chi connectivity index (χ2v) is 5.38. The van der Waals surface area contributed by atoms with Crippen LogP contribution in [0.3, 0.4) is 0 Å². The molecule has 0 unspecified atom stereocenters. The summed E-state index contributed by atoms with van der Waals surface area (Å²) >= 11 is 0. The summed E-state index contributed by atoms with van der Waals surface area (Å²) in [6.07, 6.45) is 1.08. The summed E-state index contributed by atoms with van der Waals surface area (Å²) in [7, 11) is 3.22. The van der Waals surface area contributed by atoms with Crippen molar-refractivity contribution < 1.29 is 14.3 Å². The Balaban J connectivity index is 1.86. The Labute approximate surface area is 136 Å². The Morgan fingerprint density at radius 2 is 1.96 bits per heavy atom. The van der Waals surface area contributed by atoms with Gasteiger partial charge in [0.25, 0.3) is 0 Å². The van der Waals surface area contributed by atoms with Gasteiger partial charge in [0.2, 0.25) is 5.91 Å². The van der Waals surface area contributed by atoms with Crippen LogP contribution in [0.4, 0.5) is 0 Å². The average molecular weight is 317 g/mol. The Bertz CT molecular complexity index is 660. The highest BCUT2D eigenvalue weighted by Gasteiger charge is 2.11. The topological polar surface area (TPSA) is 76.2 Å². The fraction of sp³-hybridized carbons (Fsp3) is 0.412. The second kappa shape index (κ2) is 7.67. The molecule has 6 heteroatoms. The van der Waals surface area contributed by atoms with Crippen LogP contribution in [0.2, 0.25) is 0 Å². The molecule has 124 valence electrons. The number of carbonyl (C=O) groups is 1. The molecule has 1 aromatic carbocycles. The molecule has 6 nitrogen and oxygen atoms in total. The van der Waals surface area contributed by atoms with Crippen molar-refractivity contribution in [2.75, 3.05) is 20.8 Å². The van der Waals surface area contributed by atoms with Gasteiger partial charge in [0.05, 0.1) is 26.3 Å². The van der Waals surface area contributed by atoms with Gasteiger partial charge in [0, 0.05) is 17.8 Å². The average Bonchev–Trinajstić information content (AvgIpc) is 2.86. The van der Waals surface area contributed by atoms with Crippen molar-refractivity contribution in [2.24, 2.45) is 0 Å². The lowest BCUT2D eigenvalue weighted by atomic mass is 10.1. The maximum atomic E-state index is 12.0. The molecule has 0 fully saturated rings. The number of ether oxygens (including phenoxy) is 2. The predicted molar refractivity (Wildman–Crippen MR) is 88.0 cm³/mol. The minimum Gasteiger partial charge on any atom is -0.493 e. The van der Waals surface area contributed by atoms with Gasteiger partial charge in [0.1, 0.15) is 0 Å². The van der Waals surface area contributed by atoms with Gasteiger partial charge in [-0.1, -0.05) is 6.07 Å². The van der Waals surface area contributed by atoms with E-state index in [9.17, 15) is 4.79 Å². The van der Waals surface area contributed by atoms with Crippen LogP contribution >= 0.6 is 0 Å². The second-order valence-electron chi connectivity index (χ2n) is 5.38. The molecular formula is C17H23N3O3.